The lowest BCUT2D eigenvalue weighted by atomic mass is 10.1. The normalized spacial score (nSPS) is 18.5. The van der Waals surface area contributed by atoms with Crippen LogP contribution in [0.3, 0.4) is 0 Å². The summed E-state index contributed by atoms with van der Waals surface area (Å²) < 4.78 is 27.9. The standard InChI is InChI=1S/C16H19ClN2O2S2/c1-12-3-2-4-14(9-12)19-8-7-13(11-19)10-18-23(20,21)16-6-5-15(17)22-16/h2-6,9,13,18H,7-8,10-11H2,1H3. The predicted octanol–water partition coefficient (Wildman–Crippen LogP) is 3.51. The first kappa shape index (κ1) is 16.8. The summed E-state index contributed by atoms with van der Waals surface area (Å²) >= 11 is 6.89. The van der Waals surface area contributed by atoms with Crippen molar-refractivity contribution in [1.29, 1.82) is 0 Å². The first-order valence-corrected chi connectivity index (χ1v) is 10.2. The Hall–Kier alpha value is -1.08. The minimum atomic E-state index is -3.45. The molecular weight excluding hydrogens is 352 g/mol. The van der Waals surface area contributed by atoms with Crippen LogP contribution in [0, 0.1) is 12.8 Å². The fraction of sp³-hybridized carbons (Fsp3) is 0.375. The molecule has 23 heavy (non-hydrogen) atoms. The first-order chi connectivity index (χ1) is 10.9. The second kappa shape index (κ2) is 6.81. The maximum absolute atomic E-state index is 12.2. The summed E-state index contributed by atoms with van der Waals surface area (Å²) in [5.41, 5.74) is 2.45. The van der Waals surface area contributed by atoms with Gasteiger partial charge < -0.3 is 4.90 Å². The molecule has 0 aliphatic carbocycles. The Bertz CT molecular complexity index is 789. The fourth-order valence-corrected chi connectivity index (χ4v) is 5.44. The molecule has 0 bridgehead atoms. The topological polar surface area (TPSA) is 49.4 Å². The summed E-state index contributed by atoms with van der Waals surface area (Å²) in [5, 5.41) is 0. The van der Waals surface area contributed by atoms with Gasteiger partial charge in [-0.1, -0.05) is 23.7 Å². The van der Waals surface area contributed by atoms with Crippen LogP contribution in [0.1, 0.15) is 12.0 Å². The number of rotatable bonds is 5. The van der Waals surface area contributed by atoms with Gasteiger partial charge in [0.25, 0.3) is 0 Å². The highest BCUT2D eigenvalue weighted by Gasteiger charge is 2.25. The van der Waals surface area contributed by atoms with E-state index in [2.05, 4.69) is 40.8 Å². The van der Waals surface area contributed by atoms with Crippen molar-refractivity contribution < 1.29 is 8.42 Å². The molecule has 4 nitrogen and oxygen atoms in total. The lowest BCUT2D eigenvalue weighted by Crippen LogP contribution is -2.30. The first-order valence-electron chi connectivity index (χ1n) is 7.51. The minimum Gasteiger partial charge on any atom is -0.371 e. The zero-order valence-corrected chi connectivity index (χ0v) is 15.2. The Morgan fingerprint density at radius 2 is 2.17 bits per heavy atom. The van der Waals surface area contributed by atoms with E-state index in [4.69, 9.17) is 11.6 Å². The molecule has 1 saturated heterocycles. The third-order valence-electron chi connectivity index (χ3n) is 4.03. The van der Waals surface area contributed by atoms with Gasteiger partial charge in [0.2, 0.25) is 10.0 Å². The smallest absolute Gasteiger partial charge is 0.250 e. The van der Waals surface area contributed by atoms with Crippen molar-refractivity contribution in [2.45, 2.75) is 17.6 Å². The summed E-state index contributed by atoms with van der Waals surface area (Å²) in [6.45, 7) is 4.37. The van der Waals surface area contributed by atoms with Gasteiger partial charge >= 0.3 is 0 Å². The van der Waals surface area contributed by atoms with Crippen LogP contribution in [-0.2, 0) is 10.0 Å². The molecule has 0 spiro atoms. The molecule has 124 valence electrons. The molecule has 1 aliphatic rings. The number of hydrogen-bond acceptors (Lipinski definition) is 4. The zero-order valence-electron chi connectivity index (χ0n) is 12.8. The summed E-state index contributed by atoms with van der Waals surface area (Å²) in [6, 6.07) is 11.6. The van der Waals surface area contributed by atoms with Crippen LogP contribution in [0.4, 0.5) is 5.69 Å². The molecular formula is C16H19ClN2O2S2. The molecule has 7 heteroatoms. The summed E-state index contributed by atoms with van der Waals surface area (Å²) in [5.74, 6) is 0.320. The summed E-state index contributed by atoms with van der Waals surface area (Å²) in [7, 11) is -3.45. The van der Waals surface area contributed by atoms with E-state index in [1.807, 2.05) is 0 Å². The zero-order chi connectivity index (χ0) is 16.4. The molecule has 1 aromatic heterocycles. The number of anilines is 1. The van der Waals surface area contributed by atoms with Crippen LogP contribution in [0.25, 0.3) is 0 Å². The molecule has 1 aliphatic heterocycles. The van der Waals surface area contributed by atoms with Crippen LogP contribution in [0.15, 0.2) is 40.6 Å². The van der Waals surface area contributed by atoms with Crippen molar-refractivity contribution >= 4 is 38.6 Å². The third kappa shape index (κ3) is 4.07. The van der Waals surface area contributed by atoms with Gasteiger partial charge in [-0.3, -0.25) is 0 Å². The monoisotopic (exact) mass is 370 g/mol. The van der Waals surface area contributed by atoms with Crippen LogP contribution in [0.5, 0.6) is 0 Å². The van der Waals surface area contributed by atoms with Gasteiger partial charge in [0.1, 0.15) is 4.21 Å². The third-order valence-corrected chi connectivity index (χ3v) is 7.17. The lowest BCUT2D eigenvalue weighted by Gasteiger charge is -2.19. The Morgan fingerprint density at radius 3 is 2.87 bits per heavy atom. The van der Waals surface area contributed by atoms with Crippen LogP contribution < -0.4 is 9.62 Å². The highest BCUT2D eigenvalue weighted by Crippen LogP contribution is 2.27. The summed E-state index contributed by atoms with van der Waals surface area (Å²) in [4.78, 5) is 2.31. The van der Waals surface area contributed by atoms with E-state index in [-0.39, 0.29) is 4.21 Å². The molecule has 1 unspecified atom stereocenters. The average molecular weight is 371 g/mol. The Labute approximate surface area is 146 Å². The molecule has 2 aromatic rings. The summed E-state index contributed by atoms with van der Waals surface area (Å²) in [6.07, 6.45) is 0.988. The molecule has 0 radical (unpaired) electrons. The van der Waals surface area contributed by atoms with E-state index in [0.29, 0.717) is 16.8 Å². The lowest BCUT2D eigenvalue weighted by molar-refractivity contribution is 0.543. The highest BCUT2D eigenvalue weighted by molar-refractivity contribution is 7.91. The molecule has 1 aromatic carbocycles. The Kier molecular flexibility index (Phi) is 4.96. The van der Waals surface area contributed by atoms with Gasteiger partial charge in [-0.25, -0.2) is 13.1 Å². The second-order valence-corrected chi connectivity index (χ2v) is 9.56. The Balaban J connectivity index is 1.58. The highest BCUT2D eigenvalue weighted by atomic mass is 35.5. The van der Waals surface area contributed by atoms with Crippen molar-refractivity contribution in [3.63, 3.8) is 0 Å². The average Bonchev–Trinajstić information content (AvgIpc) is 3.14. The largest absolute Gasteiger partial charge is 0.371 e. The van der Waals surface area contributed by atoms with E-state index in [1.54, 1.807) is 12.1 Å². The number of sulfonamides is 1. The molecule has 1 N–H and O–H groups in total. The number of nitrogens with one attached hydrogen (secondary N) is 1. The molecule has 2 heterocycles. The minimum absolute atomic E-state index is 0.274. The number of thiophene rings is 1. The van der Waals surface area contributed by atoms with Gasteiger partial charge in [-0.2, -0.15) is 0 Å². The van der Waals surface area contributed by atoms with E-state index >= 15 is 0 Å². The maximum atomic E-state index is 12.2. The van der Waals surface area contributed by atoms with Crippen LogP contribution >= 0.6 is 22.9 Å². The van der Waals surface area contributed by atoms with Crippen molar-refractivity contribution in [2.24, 2.45) is 5.92 Å². The van der Waals surface area contributed by atoms with Crippen molar-refractivity contribution in [3.05, 3.63) is 46.3 Å². The number of hydrogen-bond donors (Lipinski definition) is 1. The SMILES string of the molecule is Cc1cccc(N2CCC(CNS(=O)(=O)c3ccc(Cl)s3)C2)c1. The maximum Gasteiger partial charge on any atom is 0.250 e. The quantitative estimate of drug-likeness (QED) is 0.876. The van der Waals surface area contributed by atoms with Crippen molar-refractivity contribution in [3.8, 4) is 0 Å². The molecule has 0 amide bonds. The molecule has 3 rings (SSSR count). The number of nitrogens with zero attached hydrogens (tertiary/aromatic N) is 1. The van der Waals surface area contributed by atoms with Gasteiger partial charge in [0.15, 0.2) is 0 Å². The van der Waals surface area contributed by atoms with E-state index in [1.165, 1.54) is 11.3 Å². The van der Waals surface area contributed by atoms with Gasteiger partial charge in [0.05, 0.1) is 4.34 Å². The van der Waals surface area contributed by atoms with E-state index in [0.717, 1.165) is 30.8 Å². The van der Waals surface area contributed by atoms with Crippen LogP contribution in [0.2, 0.25) is 4.34 Å². The van der Waals surface area contributed by atoms with Crippen molar-refractivity contribution in [2.75, 3.05) is 24.5 Å². The molecule has 0 saturated carbocycles. The van der Waals surface area contributed by atoms with Gasteiger partial charge in [0, 0.05) is 25.3 Å². The molecule has 1 fully saturated rings. The number of benzene rings is 1. The Morgan fingerprint density at radius 1 is 1.35 bits per heavy atom. The van der Waals surface area contributed by atoms with Crippen LogP contribution in [-0.4, -0.2) is 28.1 Å². The van der Waals surface area contributed by atoms with Gasteiger partial charge in [-0.15, -0.1) is 11.3 Å². The number of aryl methyl sites for hydroxylation is 1. The predicted molar refractivity (Wildman–Crippen MR) is 96.0 cm³/mol. The second-order valence-electron chi connectivity index (χ2n) is 5.85. The molecule has 1 atom stereocenters. The number of halogens is 1. The van der Waals surface area contributed by atoms with E-state index in [9.17, 15) is 8.42 Å². The van der Waals surface area contributed by atoms with E-state index < -0.39 is 10.0 Å². The fourth-order valence-electron chi connectivity index (χ4n) is 2.80. The van der Waals surface area contributed by atoms with Crippen molar-refractivity contribution in [1.82, 2.24) is 4.72 Å². The van der Waals surface area contributed by atoms with Gasteiger partial charge in [-0.05, 0) is 49.1 Å².